The highest BCUT2D eigenvalue weighted by Gasteiger charge is 2.62. The zero-order valence-electron chi connectivity index (χ0n) is 55.4. The number of rotatable bonds is 33. The van der Waals surface area contributed by atoms with Gasteiger partial charge in [0.2, 0.25) is 0 Å². The second kappa shape index (κ2) is 30.3. The van der Waals surface area contributed by atoms with Crippen molar-refractivity contribution in [2.45, 2.75) is 242 Å². The molecule has 9 rings (SSSR count). The Labute approximate surface area is 531 Å². The summed E-state index contributed by atoms with van der Waals surface area (Å²) in [5.74, 6) is 1.20. The molecule has 4 fully saturated rings. The lowest BCUT2D eigenvalue weighted by molar-refractivity contribution is -0.280. The van der Waals surface area contributed by atoms with Gasteiger partial charge in [0.05, 0.1) is 88.0 Å². The molecular weight excluding hydrogens is 1130 g/mol. The van der Waals surface area contributed by atoms with Crippen molar-refractivity contribution in [2.75, 3.05) is 27.4 Å². The fourth-order valence-corrected chi connectivity index (χ4v) is 21.7. The second-order valence-corrected chi connectivity index (χ2v) is 36.7. The maximum atomic E-state index is 7.47. The number of epoxide rings is 1. The first-order chi connectivity index (χ1) is 42.3. The molecule has 0 aliphatic carbocycles. The molecule has 5 aromatic carbocycles. The molecule has 480 valence electrons. The minimum Gasteiger partial charge on any atom is -0.497 e. The molecule has 5 aromatic rings. The van der Waals surface area contributed by atoms with Gasteiger partial charge < -0.3 is 51.5 Å². The van der Waals surface area contributed by atoms with Crippen LogP contribution in [0.5, 0.6) is 11.5 Å². The summed E-state index contributed by atoms with van der Waals surface area (Å²) in [4.78, 5) is 0. The first-order valence-corrected chi connectivity index (χ1v) is 37.7. The van der Waals surface area contributed by atoms with E-state index in [1.165, 1.54) is 10.4 Å². The first-order valence-electron chi connectivity index (χ1n) is 33.2. The van der Waals surface area contributed by atoms with Gasteiger partial charge in [-0.2, -0.15) is 0 Å². The van der Waals surface area contributed by atoms with E-state index in [0.717, 1.165) is 111 Å². The summed E-state index contributed by atoms with van der Waals surface area (Å²) in [5.41, 5.74) is 1.93. The minimum absolute atomic E-state index is 0.0290. The molecule has 1 unspecified atom stereocenters. The fraction of sp³-hybridized carbons (Fsp3) is 0.573. The highest BCUT2D eigenvalue weighted by molar-refractivity contribution is 6.99. The Hall–Kier alpha value is -4.49. The summed E-state index contributed by atoms with van der Waals surface area (Å²) in [6, 6.07) is 51.7. The van der Waals surface area contributed by atoms with Gasteiger partial charge in [0.1, 0.15) is 17.6 Å². The van der Waals surface area contributed by atoms with Gasteiger partial charge in [-0.3, -0.25) is 0 Å². The average molecular weight is 1240 g/mol. The number of benzene rings is 5. The molecule has 0 saturated carbocycles. The van der Waals surface area contributed by atoms with E-state index in [0.29, 0.717) is 39.5 Å². The van der Waals surface area contributed by atoms with Gasteiger partial charge in [-0.05, 0) is 147 Å². The van der Waals surface area contributed by atoms with Crippen LogP contribution in [0, 0.1) is 5.92 Å². The maximum Gasteiger partial charge on any atom is 0.261 e. The van der Waals surface area contributed by atoms with Crippen LogP contribution in [0.25, 0.3) is 0 Å². The Balaban J connectivity index is 0.883. The van der Waals surface area contributed by atoms with E-state index in [1.54, 1.807) is 14.2 Å². The summed E-state index contributed by atoms with van der Waals surface area (Å²) < 4.78 is 74.5. The van der Waals surface area contributed by atoms with Crippen molar-refractivity contribution < 1.29 is 51.5 Å². The molecule has 0 bridgehead atoms. The third kappa shape index (κ3) is 17.2. The van der Waals surface area contributed by atoms with Crippen LogP contribution < -0.4 is 19.8 Å². The minimum atomic E-state index is -2.71. The Kier molecular flexibility index (Phi) is 23.4. The predicted octanol–water partition coefficient (Wildman–Crippen LogP) is 16.0. The van der Waals surface area contributed by atoms with E-state index in [-0.39, 0.29) is 47.6 Å². The van der Waals surface area contributed by atoms with E-state index < -0.39 is 39.2 Å². The zero-order chi connectivity index (χ0) is 62.5. The van der Waals surface area contributed by atoms with Crippen LogP contribution in [-0.2, 0) is 61.8 Å². The molecule has 13 heteroatoms. The first kappa shape index (κ1) is 67.9. The third-order valence-electron chi connectivity index (χ3n) is 20.0. The molecule has 4 heterocycles. The lowest BCUT2D eigenvalue weighted by Crippen LogP contribution is -2.67. The van der Waals surface area contributed by atoms with Gasteiger partial charge in [-0.15, -0.1) is 0 Å². The number of hydrogen-bond acceptors (Lipinski definition) is 11. The van der Waals surface area contributed by atoms with Crippen molar-refractivity contribution in [3.63, 3.8) is 0 Å². The van der Waals surface area contributed by atoms with Gasteiger partial charge >= 0.3 is 0 Å². The highest BCUT2D eigenvalue weighted by atomic mass is 28.4. The Morgan fingerprint density at radius 3 is 1.82 bits per heavy atom. The van der Waals surface area contributed by atoms with Crippen molar-refractivity contribution in [1.29, 1.82) is 0 Å². The maximum absolute atomic E-state index is 7.47. The molecule has 11 atom stereocenters. The number of hydrogen-bond donors (Lipinski definition) is 0. The monoisotopic (exact) mass is 1240 g/mol. The zero-order valence-corrected chi connectivity index (χ0v) is 57.4. The lowest BCUT2D eigenvalue weighted by Gasteiger charge is -2.45. The number of ether oxygens (including phenoxy) is 9. The molecule has 4 saturated heterocycles. The van der Waals surface area contributed by atoms with Crippen LogP contribution in [0.4, 0.5) is 0 Å². The van der Waals surface area contributed by atoms with E-state index >= 15 is 0 Å². The van der Waals surface area contributed by atoms with E-state index in [2.05, 4.69) is 191 Å². The Morgan fingerprint density at radius 1 is 0.636 bits per heavy atom. The fourth-order valence-electron chi connectivity index (χ4n) is 14.2. The molecule has 0 aromatic heterocycles. The molecule has 0 amide bonds. The van der Waals surface area contributed by atoms with Crippen molar-refractivity contribution >= 4 is 27.0 Å². The largest absolute Gasteiger partial charge is 0.497 e. The van der Waals surface area contributed by atoms with Crippen molar-refractivity contribution in [3.8, 4) is 11.5 Å². The van der Waals surface area contributed by atoms with Gasteiger partial charge in [0.15, 0.2) is 14.1 Å². The van der Waals surface area contributed by atoms with Crippen molar-refractivity contribution in [3.05, 3.63) is 168 Å². The van der Waals surface area contributed by atoms with Crippen LogP contribution in [0.1, 0.15) is 157 Å². The molecule has 1 spiro atoms. The molecule has 4 aliphatic rings. The van der Waals surface area contributed by atoms with E-state index in [4.69, 9.17) is 51.5 Å². The van der Waals surface area contributed by atoms with Gasteiger partial charge in [-0.1, -0.05) is 176 Å². The van der Waals surface area contributed by atoms with Crippen LogP contribution in [-0.4, -0.2) is 103 Å². The second-order valence-electron chi connectivity index (χ2n) is 27.6. The SMILES string of the molecule is CC[Si](CC)(CC)OC(/C=C\C[C@](C)(CC[C@@H](OCc1ccc(OC)cc1)[C@H]1CC[C@](C)(COCc2ccccc2)O1)OCc1ccc(OC)cc1)C[C@]1(C)O[C@H]1[C@@H]1CC[C@]2(CCC[C@@H]([C@@H](C)CO[Si](c3ccccc3)(c3ccccc3)C(C)(C)C)O2)O1. The summed E-state index contributed by atoms with van der Waals surface area (Å²) in [7, 11) is -1.38. The van der Waals surface area contributed by atoms with Crippen LogP contribution in [0.2, 0.25) is 23.2 Å². The van der Waals surface area contributed by atoms with Gasteiger partial charge in [0.25, 0.3) is 8.32 Å². The van der Waals surface area contributed by atoms with Gasteiger partial charge in [-0.25, -0.2) is 0 Å². The highest BCUT2D eigenvalue weighted by Crippen LogP contribution is 2.52. The summed E-state index contributed by atoms with van der Waals surface area (Å²) in [6.45, 7) is 25.6. The molecule has 4 aliphatic heterocycles. The molecule has 88 heavy (non-hydrogen) atoms. The Bertz CT molecular complexity index is 2860. The summed E-state index contributed by atoms with van der Waals surface area (Å²) in [6.07, 6.45) is 13.5. The van der Waals surface area contributed by atoms with Crippen molar-refractivity contribution in [2.24, 2.45) is 5.92 Å². The van der Waals surface area contributed by atoms with Crippen LogP contribution in [0.3, 0.4) is 0 Å². The summed E-state index contributed by atoms with van der Waals surface area (Å²) in [5, 5.41) is 2.50. The normalized spacial score (nSPS) is 25.8. The number of methoxy groups -OCH3 is 2. The predicted molar refractivity (Wildman–Crippen MR) is 358 cm³/mol. The van der Waals surface area contributed by atoms with Crippen LogP contribution in [0.15, 0.2) is 152 Å². The smallest absolute Gasteiger partial charge is 0.261 e. The standard InChI is InChI=1S/C75H106O11Si2/c1-13-87(14-2,15-3)86-63(51-74(10)70(85-74)69-45-50-75(84-69)47-26-34-66(83-75)57(4)52-81-88(71(5,6)7,64-30-21-17-22-31-64)65-32-23-18-24-33-65)29-25-46-72(8,80-55-60-37-41-62(77-12)42-38-60)48-43-67(79-54-59-35-39-61(76-11)40-36-59)68-44-49-73(9,82-68)56-78-53-58-27-19-16-20-28-58/h16-25,27-33,35-42,57,63,66-70H,13-15,26,34,43-56H2,1-12H3/b29-25-/t57-,63?,66-,67+,68+,69-,70-,72+,73+,74-,75-/m0/s1. The van der Waals surface area contributed by atoms with Crippen LogP contribution >= 0.6 is 0 Å². The quantitative estimate of drug-likeness (QED) is 0.0228. The Morgan fingerprint density at radius 2 is 1.23 bits per heavy atom. The average Bonchev–Trinajstić information content (AvgIpc) is 1.39. The van der Waals surface area contributed by atoms with E-state index in [1.807, 2.05) is 30.3 Å². The summed E-state index contributed by atoms with van der Waals surface area (Å²) >= 11 is 0. The third-order valence-corrected chi connectivity index (χ3v) is 29.7. The molecule has 0 N–H and O–H groups in total. The topological polar surface area (TPSA) is 105 Å². The molecular formula is C75H106O11Si2. The van der Waals surface area contributed by atoms with Gasteiger partial charge in [0, 0.05) is 31.8 Å². The van der Waals surface area contributed by atoms with Crippen molar-refractivity contribution in [1.82, 2.24) is 0 Å². The lowest BCUT2D eigenvalue weighted by atomic mass is 9.90. The molecule has 11 nitrogen and oxygen atoms in total. The van der Waals surface area contributed by atoms with E-state index in [9.17, 15) is 0 Å². The molecule has 0 radical (unpaired) electrons.